The van der Waals surface area contributed by atoms with Crippen LogP contribution in [0.15, 0.2) is 30.3 Å². The third kappa shape index (κ3) is 4.68. The van der Waals surface area contributed by atoms with E-state index in [1.165, 1.54) is 0 Å². The van der Waals surface area contributed by atoms with E-state index in [1.54, 1.807) is 21.3 Å². The summed E-state index contributed by atoms with van der Waals surface area (Å²) in [5, 5.41) is 20.0. The number of benzene rings is 2. The van der Waals surface area contributed by atoms with E-state index in [1.807, 2.05) is 30.3 Å². The Hall–Kier alpha value is -2.64. The number of hydrogen-bond donors (Lipinski definition) is 2. The van der Waals surface area contributed by atoms with Crippen molar-refractivity contribution in [3.05, 3.63) is 41.5 Å². The Morgan fingerprint density at radius 1 is 0.793 bits per heavy atom. The van der Waals surface area contributed by atoms with E-state index in [-0.39, 0.29) is 31.8 Å². The monoisotopic (exact) mass is 404 g/mol. The van der Waals surface area contributed by atoms with Crippen LogP contribution in [0, 0.1) is 11.8 Å². The highest BCUT2D eigenvalue weighted by Gasteiger charge is 2.24. The summed E-state index contributed by atoms with van der Waals surface area (Å²) in [6.07, 6.45) is 1.17. The first-order valence-corrected chi connectivity index (χ1v) is 9.52. The van der Waals surface area contributed by atoms with Gasteiger partial charge in [0, 0.05) is 13.2 Å². The number of aliphatic hydroxyl groups excluding tert-OH is 2. The highest BCUT2D eigenvalue weighted by atomic mass is 16.7. The van der Waals surface area contributed by atoms with Crippen LogP contribution in [0.3, 0.4) is 0 Å². The molecule has 0 aromatic heterocycles. The smallest absolute Gasteiger partial charge is 0.231 e. The van der Waals surface area contributed by atoms with Crippen LogP contribution < -0.4 is 23.7 Å². The van der Waals surface area contributed by atoms with Crippen molar-refractivity contribution < 1.29 is 33.9 Å². The molecule has 1 heterocycles. The van der Waals surface area contributed by atoms with Gasteiger partial charge in [0.2, 0.25) is 12.5 Å². The average Bonchev–Trinajstić information content (AvgIpc) is 3.23. The van der Waals surface area contributed by atoms with Gasteiger partial charge in [0.15, 0.2) is 23.0 Å². The van der Waals surface area contributed by atoms with Crippen molar-refractivity contribution in [1.82, 2.24) is 0 Å². The molecule has 7 nitrogen and oxygen atoms in total. The highest BCUT2D eigenvalue weighted by molar-refractivity contribution is 5.54. The minimum atomic E-state index is -0.145. The molecule has 1 aliphatic rings. The van der Waals surface area contributed by atoms with Crippen LogP contribution in [0.2, 0.25) is 0 Å². The van der Waals surface area contributed by atoms with Crippen molar-refractivity contribution in [3.8, 4) is 28.7 Å². The summed E-state index contributed by atoms with van der Waals surface area (Å²) in [5.74, 6) is 2.82. The molecular formula is C22H28O7. The zero-order chi connectivity index (χ0) is 20.8. The molecule has 2 atom stereocenters. The van der Waals surface area contributed by atoms with Gasteiger partial charge in [-0.1, -0.05) is 6.07 Å². The lowest BCUT2D eigenvalue weighted by Crippen LogP contribution is -2.26. The summed E-state index contributed by atoms with van der Waals surface area (Å²) in [4.78, 5) is 0. The van der Waals surface area contributed by atoms with Crippen LogP contribution in [-0.2, 0) is 12.8 Å². The molecule has 158 valence electrons. The Labute approximate surface area is 170 Å². The predicted molar refractivity (Wildman–Crippen MR) is 107 cm³/mol. The summed E-state index contributed by atoms with van der Waals surface area (Å²) in [6, 6.07) is 9.51. The number of hydrogen-bond acceptors (Lipinski definition) is 7. The molecule has 3 rings (SSSR count). The highest BCUT2D eigenvalue weighted by Crippen LogP contribution is 2.39. The largest absolute Gasteiger partial charge is 0.493 e. The maximum atomic E-state index is 10.0. The van der Waals surface area contributed by atoms with Gasteiger partial charge in [-0.2, -0.15) is 0 Å². The van der Waals surface area contributed by atoms with Gasteiger partial charge in [-0.25, -0.2) is 0 Å². The van der Waals surface area contributed by atoms with E-state index in [2.05, 4.69) is 0 Å². The fraction of sp³-hybridized carbons (Fsp3) is 0.455. The van der Waals surface area contributed by atoms with E-state index >= 15 is 0 Å². The normalized spacial score (nSPS) is 14.4. The van der Waals surface area contributed by atoms with Crippen LogP contribution in [0.1, 0.15) is 11.1 Å². The van der Waals surface area contributed by atoms with Crippen molar-refractivity contribution in [2.75, 3.05) is 41.3 Å². The first-order chi connectivity index (χ1) is 14.1. The van der Waals surface area contributed by atoms with Gasteiger partial charge in [0.1, 0.15) is 0 Å². The van der Waals surface area contributed by atoms with Crippen LogP contribution in [0.4, 0.5) is 0 Å². The van der Waals surface area contributed by atoms with Gasteiger partial charge in [-0.15, -0.1) is 0 Å². The number of aliphatic hydroxyl groups is 2. The van der Waals surface area contributed by atoms with E-state index in [0.29, 0.717) is 35.8 Å². The topological polar surface area (TPSA) is 86.6 Å². The number of methoxy groups -OCH3 is 3. The van der Waals surface area contributed by atoms with E-state index in [9.17, 15) is 10.2 Å². The third-order valence-corrected chi connectivity index (χ3v) is 5.29. The van der Waals surface area contributed by atoms with Crippen molar-refractivity contribution >= 4 is 0 Å². The second-order valence-corrected chi connectivity index (χ2v) is 7.01. The first kappa shape index (κ1) is 21.1. The van der Waals surface area contributed by atoms with Crippen LogP contribution in [-0.4, -0.2) is 51.5 Å². The van der Waals surface area contributed by atoms with Crippen molar-refractivity contribution in [3.63, 3.8) is 0 Å². The average molecular weight is 404 g/mol. The molecule has 0 bridgehead atoms. The number of ether oxygens (including phenoxy) is 5. The molecule has 2 aromatic carbocycles. The molecule has 7 heteroatoms. The lowest BCUT2D eigenvalue weighted by molar-refractivity contribution is 0.119. The molecule has 1 aliphatic heterocycles. The molecule has 2 N–H and O–H groups in total. The third-order valence-electron chi connectivity index (χ3n) is 5.29. The Morgan fingerprint density at radius 3 is 1.93 bits per heavy atom. The predicted octanol–water partition coefficient (Wildman–Crippen LogP) is 2.44. The standard InChI is InChI=1S/C22H28O7/c1-25-20-9-15(10-21(26-2)22(20)27-3)7-17(12-24)16(11-23)6-14-4-5-18-19(8-14)29-13-28-18/h4-5,8-10,16-17,23-24H,6-7,11-13H2,1-3H3/t16-,17-/m1/s1. The maximum absolute atomic E-state index is 10.0. The van der Waals surface area contributed by atoms with Crippen LogP contribution in [0.25, 0.3) is 0 Å². The van der Waals surface area contributed by atoms with E-state index in [0.717, 1.165) is 16.9 Å². The van der Waals surface area contributed by atoms with Gasteiger partial charge in [0.25, 0.3) is 0 Å². The van der Waals surface area contributed by atoms with Gasteiger partial charge in [0.05, 0.1) is 21.3 Å². The molecule has 0 amide bonds. The zero-order valence-corrected chi connectivity index (χ0v) is 17.0. The first-order valence-electron chi connectivity index (χ1n) is 9.52. The molecule has 0 fully saturated rings. The molecule has 2 aromatic rings. The van der Waals surface area contributed by atoms with Gasteiger partial charge in [-0.3, -0.25) is 0 Å². The Bertz CT molecular complexity index is 796. The van der Waals surface area contributed by atoms with Crippen molar-refractivity contribution in [1.29, 1.82) is 0 Å². The summed E-state index contributed by atoms with van der Waals surface area (Å²) in [7, 11) is 4.70. The molecule has 0 aliphatic carbocycles. The second-order valence-electron chi connectivity index (χ2n) is 7.01. The number of fused-ring (bicyclic) bond motifs is 1. The minimum Gasteiger partial charge on any atom is -0.493 e. The molecule has 29 heavy (non-hydrogen) atoms. The van der Waals surface area contributed by atoms with Crippen molar-refractivity contribution in [2.45, 2.75) is 12.8 Å². The van der Waals surface area contributed by atoms with Crippen molar-refractivity contribution in [2.24, 2.45) is 11.8 Å². The summed E-state index contributed by atoms with van der Waals surface area (Å²) in [5.41, 5.74) is 1.96. The number of rotatable bonds is 10. The van der Waals surface area contributed by atoms with Gasteiger partial charge < -0.3 is 33.9 Å². The van der Waals surface area contributed by atoms with Crippen LogP contribution >= 0.6 is 0 Å². The van der Waals surface area contributed by atoms with Crippen LogP contribution in [0.5, 0.6) is 28.7 Å². The fourth-order valence-corrected chi connectivity index (χ4v) is 3.69. The van der Waals surface area contributed by atoms with E-state index < -0.39 is 0 Å². The molecule has 0 unspecified atom stereocenters. The summed E-state index contributed by atoms with van der Waals surface area (Å²) in [6.45, 7) is 0.138. The van der Waals surface area contributed by atoms with E-state index in [4.69, 9.17) is 23.7 Å². The lowest BCUT2D eigenvalue weighted by atomic mass is 9.83. The fourth-order valence-electron chi connectivity index (χ4n) is 3.69. The molecular weight excluding hydrogens is 376 g/mol. The lowest BCUT2D eigenvalue weighted by Gasteiger charge is -2.25. The molecule has 0 saturated carbocycles. The quantitative estimate of drug-likeness (QED) is 0.629. The molecule has 0 spiro atoms. The zero-order valence-electron chi connectivity index (χ0n) is 17.0. The Balaban J connectivity index is 1.78. The minimum absolute atomic E-state index is 0.0376. The molecule has 0 radical (unpaired) electrons. The summed E-state index contributed by atoms with van der Waals surface area (Å²) >= 11 is 0. The summed E-state index contributed by atoms with van der Waals surface area (Å²) < 4.78 is 27.0. The van der Waals surface area contributed by atoms with Gasteiger partial charge in [-0.05, 0) is 60.1 Å². The second kappa shape index (κ2) is 9.71. The SMILES string of the molecule is COc1cc(C[C@H](CO)[C@@H](CO)Cc2ccc3c(c2)OCO3)cc(OC)c1OC. The van der Waals surface area contributed by atoms with Gasteiger partial charge >= 0.3 is 0 Å². The molecule has 0 saturated heterocycles. The Kier molecular flexibility index (Phi) is 7.06. The maximum Gasteiger partial charge on any atom is 0.231 e. The Morgan fingerprint density at radius 2 is 1.38 bits per heavy atom.